The van der Waals surface area contributed by atoms with Gasteiger partial charge in [-0.15, -0.1) is 0 Å². The fourth-order valence-corrected chi connectivity index (χ4v) is 2.11. The van der Waals surface area contributed by atoms with Crippen LogP contribution in [0.15, 0.2) is 10.7 Å². The lowest BCUT2D eigenvalue weighted by molar-refractivity contribution is 0.494. The van der Waals surface area contributed by atoms with E-state index < -0.39 is 0 Å². The third-order valence-electron chi connectivity index (χ3n) is 2.48. The zero-order chi connectivity index (χ0) is 11.3. The van der Waals surface area contributed by atoms with E-state index in [1.165, 1.54) is 5.69 Å². The van der Waals surface area contributed by atoms with Crippen LogP contribution in [0.5, 0.6) is 0 Å². The molecule has 0 aliphatic carbocycles. The maximum Gasteiger partial charge on any atom is 0.0635 e. The van der Waals surface area contributed by atoms with Gasteiger partial charge in [-0.1, -0.05) is 13.8 Å². The Bertz CT molecular complexity index is 296. The smallest absolute Gasteiger partial charge is 0.0635 e. The van der Waals surface area contributed by atoms with E-state index in [2.05, 4.69) is 51.8 Å². The highest BCUT2D eigenvalue weighted by Gasteiger charge is 2.11. The molecule has 1 rings (SSSR count). The Morgan fingerprint density at radius 1 is 1.53 bits per heavy atom. The van der Waals surface area contributed by atoms with E-state index in [-0.39, 0.29) is 0 Å². The Labute approximate surface area is 100 Å². The summed E-state index contributed by atoms with van der Waals surface area (Å²) in [6.07, 6.45) is 2.96. The number of aromatic nitrogens is 2. The van der Waals surface area contributed by atoms with Gasteiger partial charge in [0.05, 0.1) is 16.4 Å². The molecule has 0 aliphatic heterocycles. The maximum atomic E-state index is 4.32. The van der Waals surface area contributed by atoms with Crippen molar-refractivity contribution in [2.75, 3.05) is 13.1 Å². The predicted molar refractivity (Wildman–Crippen MR) is 67.0 cm³/mol. The van der Waals surface area contributed by atoms with Crippen LogP contribution in [0.4, 0.5) is 0 Å². The van der Waals surface area contributed by atoms with Crippen LogP contribution >= 0.6 is 15.9 Å². The SMILES string of the molecule is CCNCC(C)Cc1c(Br)cnn1CC. The average Bonchev–Trinajstić information content (AvgIpc) is 2.57. The van der Waals surface area contributed by atoms with E-state index in [9.17, 15) is 0 Å². The highest BCUT2D eigenvalue weighted by Crippen LogP contribution is 2.19. The van der Waals surface area contributed by atoms with Crippen molar-refractivity contribution >= 4 is 15.9 Å². The minimum absolute atomic E-state index is 0.642. The van der Waals surface area contributed by atoms with Crippen molar-refractivity contribution in [3.05, 3.63) is 16.4 Å². The molecule has 0 aromatic carbocycles. The van der Waals surface area contributed by atoms with E-state index >= 15 is 0 Å². The number of hydrogen-bond acceptors (Lipinski definition) is 2. The second-order valence-corrected chi connectivity index (χ2v) is 4.73. The molecule has 0 saturated heterocycles. The molecule has 0 radical (unpaired) electrons. The van der Waals surface area contributed by atoms with Crippen molar-refractivity contribution < 1.29 is 0 Å². The molecule has 4 heteroatoms. The van der Waals surface area contributed by atoms with Crippen LogP contribution in [-0.4, -0.2) is 22.9 Å². The number of nitrogens with zero attached hydrogens (tertiary/aromatic N) is 2. The van der Waals surface area contributed by atoms with E-state index in [4.69, 9.17) is 0 Å². The third-order valence-corrected chi connectivity index (χ3v) is 3.14. The first-order chi connectivity index (χ1) is 7.19. The molecule has 3 nitrogen and oxygen atoms in total. The zero-order valence-electron chi connectivity index (χ0n) is 9.76. The van der Waals surface area contributed by atoms with Gasteiger partial charge in [0, 0.05) is 6.54 Å². The maximum absolute atomic E-state index is 4.32. The van der Waals surface area contributed by atoms with Gasteiger partial charge in [0.1, 0.15) is 0 Å². The van der Waals surface area contributed by atoms with Crippen LogP contribution in [0.2, 0.25) is 0 Å². The van der Waals surface area contributed by atoms with E-state index in [0.29, 0.717) is 5.92 Å². The lowest BCUT2D eigenvalue weighted by atomic mass is 10.1. The molecule has 0 bridgehead atoms. The van der Waals surface area contributed by atoms with Gasteiger partial charge >= 0.3 is 0 Å². The molecular weight excluding hydrogens is 254 g/mol. The first-order valence-electron chi connectivity index (χ1n) is 5.59. The molecule has 86 valence electrons. The minimum Gasteiger partial charge on any atom is -0.317 e. The normalized spacial score (nSPS) is 13.1. The molecule has 0 fully saturated rings. The summed E-state index contributed by atoms with van der Waals surface area (Å²) in [5.41, 5.74) is 1.31. The molecule has 0 saturated carbocycles. The monoisotopic (exact) mass is 273 g/mol. The Morgan fingerprint density at radius 3 is 2.87 bits per heavy atom. The van der Waals surface area contributed by atoms with Gasteiger partial charge in [0.15, 0.2) is 0 Å². The molecule has 0 amide bonds. The summed E-state index contributed by atoms with van der Waals surface area (Å²) in [5.74, 6) is 0.642. The lowest BCUT2D eigenvalue weighted by Gasteiger charge is -2.13. The Morgan fingerprint density at radius 2 is 2.27 bits per heavy atom. The number of aryl methyl sites for hydroxylation is 1. The van der Waals surface area contributed by atoms with E-state index in [1.807, 2.05) is 6.20 Å². The summed E-state index contributed by atoms with van der Waals surface area (Å²) in [4.78, 5) is 0. The Balaban J connectivity index is 2.58. The molecule has 0 spiro atoms. The van der Waals surface area contributed by atoms with Crippen molar-refractivity contribution in [3.63, 3.8) is 0 Å². The molecule has 1 heterocycles. The topological polar surface area (TPSA) is 29.9 Å². The summed E-state index contributed by atoms with van der Waals surface area (Å²) in [5, 5.41) is 7.69. The molecular formula is C11H20BrN3. The average molecular weight is 274 g/mol. The number of rotatable bonds is 6. The van der Waals surface area contributed by atoms with Gasteiger partial charge in [-0.05, 0) is 48.3 Å². The van der Waals surface area contributed by atoms with Crippen LogP contribution in [-0.2, 0) is 13.0 Å². The quantitative estimate of drug-likeness (QED) is 0.863. The van der Waals surface area contributed by atoms with Gasteiger partial charge in [0.25, 0.3) is 0 Å². The molecule has 1 aromatic heterocycles. The summed E-state index contributed by atoms with van der Waals surface area (Å²) >= 11 is 3.55. The second kappa shape index (κ2) is 6.28. The lowest BCUT2D eigenvalue weighted by Crippen LogP contribution is -2.22. The van der Waals surface area contributed by atoms with Crippen LogP contribution in [0, 0.1) is 5.92 Å². The van der Waals surface area contributed by atoms with Crippen molar-refractivity contribution in [1.29, 1.82) is 0 Å². The molecule has 1 unspecified atom stereocenters. The highest BCUT2D eigenvalue weighted by atomic mass is 79.9. The number of nitrogens with one attached hydrogen (secondary N) is 1. The highest BCUT2D eigenvalue weighted by molar-refractivity contribution is 9.10. The summed E-state index contributed by atoms with van der Waals surface area (Å²) in [6, 6.07) is 0. The molecule has 1 aromatic rings. The number of halogens is 1. The Hall–Kier alpha value is -0.350. The molecule has 1 atom stereocenters. The molecule has 15 heavy (non-hydrogen) atoms. The summed E-state index contributed by atoms with van der Waals surface area (Å²) < 4.78 is 3.19. The van der Waals surface area contributed by atoms with Gasteiger partial charge < -0.3 is 5.32 Å². The second-order valence-electron chi connectivity index (χ2n) is 3.87. The van der Waals surface area contributed by atoms with Crippen LogP contribution in [0.3, 0.4) is 0 Å². The first kappa shape index (κ1) is 12.7. The van der Waals surface area contributed by atoms with Gasteiger partial charge in [-0.25, -0.2) is 0 Å². The van der Waals surface area contributed by atoms with Crippen LogP contribution in [0.1, 0.15) is 26.5 Å². The predicted octanol–water partition coefficient (Wildman–Crippen LogP) is 2.45. The van der Waals surface area contributed by atoms with Gasteiger partial charge in [0.2, 0.25) is 0 Å². The third kappa shape index (κ3) is 3.61. The van der Waals surface area contributed by atoms with Gasteiger partial charge in [-0.2, -0.15) is 5.10 Å². The zero-order valence-corrected chi connectivity index (χ0v) is 11.3. The molecule has 0 aliphatic rings. The van der Waals surface area contributed by atoms with E-state index in [0.717, 1.165) is 30.5 Å². The summed E-state index contributed by atoms with van der Waals surface area (Å²) in [6.45, 7) is 9.57. The Kier molecular flexibility index (Phi) is 5.32. The van der Waals surface area contributed by atoms with Gasteiger partial charge in [-0.3, -0.25) is 4.68 Å². The first-order valence-corrected chi connectivity index (χ1v) is 6.39. The van der Waals surface area contributed by atoms with Crippen molar-refractivity contribution in [1.82, 2.24) is 15.1 Å². The van der Waals surface area contributed by atoms with Crippen molar-refractivity contribution in [2.45, 2.75) is 33.7 Å². The summed E-state index contributed by atoms with van der Waals surface area (Å²) in [7, 11) is 0. The van der Waals surface area contributed by atoms with Crippen molar-refractivity contribution in [2.24, 2.45) is 5.92 Å². The largest absolute Gasteiger partial charge is 0.317 e. The van der Waals surface area contributed by atoms with Crippen molar-refractivity contribution in [3.8, 4) is 0 Å². The van der Waals surface area contributed by atoms with Crippen LogP contribution < -0.4 is 5.32 Å². The minimum atomic E-state index is 0.642. The number of hydrogen-bond donors (Lipinski definition) is 1. The molecule has 1 N–H and O–H groups in total. The fraction of sp³-hybridized carbons (Fsp3) is 0.727. The fourth-order valence-electron chi connectivity index (χ4n) is 1.66. The standard InChI is InChI=1S/C11H20BrN3/c1-4-13-7-9(3)6-11-10(12)8-14-15(11)5-2/h8-9,13H,4-7H2,1-3H3. The van der Waals surface area contributed by atoms with Crippen LogP contribution in [0.25, 0.3) is 0 Å². The van der Waals surface area contributed by atoms with E-state index in [1.54, 1.807) is 0 Å².